The number of halogens is 1. The summed E-state index contributed by atoms with van der Waals surface area (Å²) in [5.41, 5.74) is 1.81. The zero-order valence-corrected chi connectivity index (χ0v) is 18.6. The Balaban J connectivity index is 1.82. The SMILES string of the molecule is COCc1cc(Cn2cc(C(C)C)c(=O)n3nc(C4CC4)nc23)ccc1S(=O)(=O)Cl. The van der Waals surface area contributed by atoms with Crippen LogP contribution in [0.4, 0.5) is 0 Å². The number of ether oxygens (including phenoxy) is 1. The van der Waals surface area contributed by atoms with Crippen molar-refractivity contribution in [2.45, 2.75) is 56.6 Å². The summed E-state index contributed by atoms with van der Waals surface area (Å²) in [5.74, 6) is 1.52. The zero-order chi connectivity index (χ0) is 21.6. The summed E-state index contributed by atoms with van der Waals surface area (Å²) in [7, 11) is 3.16. The second kappa shape index (κ2) is 7.79. The molecule has 160 valence electrons. The van der Waals surface area contributed by atoms with Gasteiger partial charge in [0.25, 0.3) is 14.6 Å². The van der Waals surface area contributed by atoms with Crippen LogP contribution in [0.5, 0.6) is 0 Å². The standard InChI is InChI=1S/C20H23ClN4O4S/c1-12(2)16-10-24(20-22-18(14-5-6-14)23-25(20)19(16)26)9-13-4-7-17(30(21,27)28)15(8-13)11-29-3/h4,7-8,10,12,14H,5-6,9,11H2,1-3H3. The molecule has 1 fully saturated rings. The Morgan fingerprint density at radius 3 is 2.63 bits per heavy atom. The van der Waals surface area contributed by atoms with Crippen molar-refractivity contribution in [3.05, 3.63) is 57.3 Å². The van der Waals surface area contributed by atoms with E-state index in [2.05, 4.69) is 10.1 Å². The fraction of sp³-hybridized carbons (Fsp3) is 0.450. The molecule has 3 aromatic rings. The van der Waals surface area contributed by atoms with E-state index < -0.39 is 9.05 Å². The molecule has 1 aliphatic carbocycles. The summed E-state index contributed by atoms with van der Waals surface area (Å²) in [6.07, 6.45) is 3.89. The number of hydrogen-bond acceptors (Lipinski definition) is 6. The van der Waals surface area contributed by atoms with Crippen LogP contribution in [-0.4, -0.2) is 34.7 Å². The van der Waals surface area contributed by atoms with E-state index >= 15 is 0 Å². The second-order valence-corrected chi connectivity index (χ2v) is 10.5. The minimum Gasteiger partial charge on any atom is -0.380 e. The third kappa shape index (κ3) is 4.01. The number of rotatable bonds is 7. The van der Waals surface area contributed by atoms with Gasteiger partial charge in [0.15, 0.2) is 5.82 Å². The Bertz CT molecular complexity index is 1280. The Kier molecular flexibility index (Phi) is 5.46. The van der Waals surface area contributed by atoms with Gasteiger partial charge in [-0.1, -0.05) is 26.0 Å². The lowest BCUT2D eigenvalue weighted by molar-refractivity contribution is 0.182. The van der Waals surface area contributed by atoms with Gasteiger partial charge in [0.05, 0.1) is 18.0 Å². The molecular formula is C20H23ClN4O4S. The highest BCUT2D eigenvalue weighted by Gasteiger charge is 2.29. The zero-order valence-electron chi connectivity index (χ0n) is 17.0. The van der Waals surface area contributed by atoms with E-state index in [1.54, 1.807) is 12.1 Å². The van der Waals surface area contributed by atoms with Crippen molar-refractivity contribution < 1.29 is 13.2 Å². The quantitative estimate of drug-likeness (QED) is 0.513. The first-order valence-corrected chi connectivity index (χ1v) is 12.1. The third-order valence-electron chi connectivity index (χ3n) is 5.20. The van der Waals surface area contributed by atoms with Crippen LogP contribution in [0.2, 0.25) is 0 Å². The van der Waals surface area contributed by atoms with Gasteiger partial charge < -0.3 is 9.30 Å². The van der Waals surface area contributed by atoms with Gasteiger partial charge in [0.1, 0.15) is 0 Å². The molecule has 10 heteroatoms. The predicted molar refractivity (Wildman–Crippen MR) is 113 cm³/mol. The molecule has 0 saturated heterocycles. The Labute approximate surface area is 178 Å². The van der Waals surface area contributed by atoms with Gasteiger partial charge in [0, 0.05) is 35.5 Å². The van der Waals surface area contributed by atoms with Crippen molar-refractivity contribution in [2.75, 3.05) is 7.11 Å². The van der Waals surface area contributed by atoms with Crippen LogP contribution >= 0.6 is 10.7 Å². The number of fused-ring (bicyclic) bond motifs is 1. The molecule has 0 N–H and O–H groups in total. The van der Waals surface area contributed by atoms with Gasteiger partial charge in [-0.2, -0.15) is 9.50 Å². The number of nitrogens with zero attached hydrogens (tertiary/aromatic N) is 4. The molecular weight excluding hydrogens is 428 g/mol. The molecule has 0 atom stereocenters. The van der Waals surface area contributed by atoms with Crippen LogP contribution in [-0.2, 0) is 26.9 Å². The van der Waals surface area contributed by atoms with E-state index in [1.807, 2.05) is 24.6 Å². The Hall–Kier alpha value is -2.23. The normalized spacial score (nSPS) is 14.7. The predicted octanol–water partition coefficient (Wildman–Crippen LogP) is 3.01. The second-order valence-electron chi connectivity index (χ2n) is 7.94. The average Bonchev–Trinajstić information content (AvgIpc) is 3.41. The Morgan fingerprint density at radius 1 is 1.30 bits per heavy atom. The topological polar surface area (TPSA) is 95.6 Å². The fourth-order valence-corrected chi connectivity index (χ4v) is 4.62. The third-order valence-corrected chi connectivity index (χ3v) is 6.62. The maximum absolute atomic E-state index is 12.9. The lowest BCUT2D eigenvalue weighted by atomic mass is 10.1. The maximum Gasteiger partial charge on any atom is 0.279 e. The minimum atomic E-state index is -3.89. The molecule has 2 heterocycles. The number of methoxy groups -OCH3 is 1. The van der Waals surface area contributed by atoms with Crippen molar-refractivity contribution in [3.8, 4) is 0 Å². The molecule has 1 aliphatic rings. The van der Waals surface area contributed by atoms with Crippen LogP contribution in [0.25, 0.3) is 5.78 Å². The molecule has 0 radical (unpaired) electrons. The van der Waals surface area contributed by atoms with Crippen LogP contribution < -0.4 is 5.56 Å². The van der Waals surface area contributed by atoms with E-state index in [-0.39, 0.29) is 23.0 Å². The summed E-state index contributed by atoms with van der Waals surface area (Å²) in [4.78, 5) is 17.5. The highest BCUT2D eigenvalue weighted by Crippen LogP contribution is 2.38. The molecule has 0 aliphatic heterocycles. The van der Waals surface area contributed by atoms with Gasteiger partial charge >= 0.3 is 0 Å². The van der Waals surface area contributed by atoms with Crippen molar-refractivity contribution in [1.29, 1.82) is 0 Å². The molecule has 0 spiro atoms. The molecule has 0 amide bonds. The van der Waals surface area contributed by atoms with Gasteiger partial charge in [0.2, 0.25) is 5.78 Å². The lowest BCUT2D eigenvalue weighted by Crippen LogP contribution is -2.24. The van der Waals surface area contributed by atoms with Crippen molar-refractivity contribution in [3.63, 3.8) is 0 Å². The van der Waals surface area contributed by atoms with Crippen molar-refractivity contribution in [1.82, 2.24) is 19.2 Å². The maximum atomic E-state index is 12.9. The largest absolute Gasteiger partial charge is 0.380 e. The monoisotopic (exact) mass is 450 g/mol. The van der Waals surface area contributed by atoms with Crippen LogP contribution in [0, 0.1) is 0 Å². The number of aromatic nitrogens is 4. The van der Waals surface area contributed by atoms with E-state index in [1.165, 1.54) is 17.7 Å². The van der Waals surface area contributed by atoms with Crippen LogP contribution in [0.3, 0.4) is 0 Å². The van der Waals surface area contributed by atoms with Gasteiger partial charge in [-0.05, 0) is 36.0 Å². The van der Waals surface area contributed by atoms with Gasteiger partial charge in [-0.25, -0.2) is 8.42 Å². The van der Waals surface area contributed by atoms with Crippen molar-refractivity contribution in [2.24, 2.45) is 0 Å². The first-order chi connectivity index (χ1) is 14.2. The molecule has 4 rings (SSSR count). The summed E-state index contributed by atoms with van der Waals surface area (Å²) >= 11 is 0. The minimum absolute atomic E-state index is 0.0227. The summed E-state index contributed by atoms with van der Waals surface area (Å²) in [5, 5.41) is 4.47. The van der Waals surface area contributed by atoms with E-state index in [0.29, 0.717) is 35.2 Å². The first kappa shape index (κ1) is 21.0. The van der Waals surface area contributed by atoms with Crippen LogP contribution in [0.15, 0.2) is 34.1 Å². The fourth-order valence-electron chi connectivity index (χ4n) is 3.51. The van der Waals surface area contributed by atoms with Crippen molar-refractivity contribution >= 4 is 25.5 Å². The number of benzene rings is 1. The summed E-state index contributed by atoms with van der Waals surface area (Å²) < 4.78 is 32.1. The molecule has 1 saturated carbocycles. The first-order valence-electron chi connectivity index (χ1n) is 9.74. The van der Waals surface area contributed by atoms with Gasteiger partial charge in [-0.3, -0.25) is 4.79 Å². The highest BCUT2D eigenvalue weighted by atomic mass is 35.7. The van der Waals surface area contributed by atoms with Crippen LogP contribution in [0.1, 0.15) is 61.0 Å². The number of hydrogen-bond donors (Lipinski definition) is 0. The lowest BCUT2D eigenvalue weighted by Gasteiger charge is -2.14. The molecule has 2 aromatic heterocycles. The Morgan fingerprint density at radius 2 is 2.03 bits per heavy atom. The van der Waals surface area contributed by atoms with E-state index in [4.69, 9.17) is 15.4 Å². The molecule has 1 aromatic carbocycles. The van der Waals surface area contributed by atoms with E-state index in [9.17, 15) is 13.2 Å². The van der Waals surface area contributed by atoms with Gasteiger partial charge in [-0.15, -0.1) is 5.10 Å². The highest BCUT2D eigenvalue weighted by molar-refractivity contribution is 8.13. The van der Waals surface area contributed by atoms with E-state index in [0.717, 1.165) is 18.4 Å². The molecule has 0 bridgehead atoms. The molecule has 30 heavy (non-hydrogen) atoms. The molecule has 0 unspecified atom stereocenters. The summed E-state index contributed by atoms with van der Waals surface area (Å²) in [6.45, 7) is 4.43. The molecule has 8 nitrogen and oxygen atoms in total. The summed E-state index contributed by atoms with van der Waals surface area (Å²) in [6, 6.07) is 4.94. The smallest absolute Gasteiger partial charge is 0.279 e. The average molecular weight is 451 g/mol.